The van der Waals surface area contributed by atoms with Crippen molar-refractivity contribution in [3.63, 3.8) is 0 Å². The summed E-state index contributed by atoms with van der Waals surface area (Å²) in [7, 11) is 1.28. The number of halogens is 1. The summed E-state index contributed by atoms with van der Waals surface area (Å²) in [6, 6.07) is 14.0. The molecule has 0 unspecified atom stereocenters. The van der Waals surface area contributed by atoms with Crippen molar-refractivity contribution in [3.05, 3.63) is 66.0 Å². The van der Waals surface area contributed by atoms with E-state index < -0.39 is 23.9 Å². The van der Waals surface area contributed by atoms with Gasteiger partial charge in [0.05, 0.1) is 13.7 Å². The number of hydrogen-bond acceptors (Lipinski definition) is 4. The summed E-state index contributed by atoms with van der Waals surface area (Å²) in [4.78, 5) is 26.2. The number of ether oxygens (including phenoxy) is 2. The molecule has 2 aromatic carbocycles. The van der Waals surface area contributed by atoms with Gasteiger partial charge >= 0.3 is 5.97 Å². The summed E-state index contributed by atoms with van der Waals surface area (Å²) in [5, 5.41) is 0. The van der Waals surface area contributed by atoms with Gasteiger partial charge in [-0.25, -0.2) is 9.18 Å². The van der Waals surface area contributed by atoms with Crippen molar-refractivity contribution in [1.29, 1.82) is 0 Å². The van der Waals surface area contributed by atoms with Gasteiger partial charge in [-0.2, -0.15) is 0 Å². The van der Waals surface area contributed by atoms with Crippen LogP contribution in [0.1, 0.15) is 16.8 Å². The third-order valence-corrected chi connectivity index (χ3v) is 4.15. The minimum Gasteiger partial charge on any atom is -0.485 e. The molecule has 1 fully saturated rings. The van der Waals surface area contributed by atoms with Crippen molar-refractivity contribution in [3.8, 4) is 5.75 Å². The van der Waals surface area contributed by atoms with Crippen LogP contribution in [0, 0.1) is 5.82 Å². The first-order valence-corrected chi connectivity index (χ1v) is 7.95. The van der Waals surface area contributed by atoms with Crippen molar-refractivity contribution in [1.82, 2.24) is 4.90 Å². The predicted octanol–water partition coefficient (Wildman–Crippen LogP) is 2.66. The van der Waals surface area contributed by atoms with E-state index in [0.717, 1.165) is 0 Å². The van der Waals surface area contributed by atoms with Crippen molar-refractivity contribution in [2.75, 3.05) is 13.7 Å². The zero-order chi connectivity index (χ0) is 17.8. The van der Waals surface area contributed by atoms with Crippen molar-refractivity contribution < 1.29 is 23.5 Å². The lowest BCUT2D eigenvalue weighted by atomic mass is 10.1. The fraction of sp³-hybridized carbons (Fsp3) is 0.263. The Balaban J connectivity index is 1.80. The van der Waals surface area contributed by atoms with Crippen molar-refractivity contribution in [2.24, 2.45) is 0 Å². The maximum Gasteiger partial charge on any atom is 0.328 e. The van der Waals surface area contributed by atoms with E-state index in [4.69, 9.17) is 9.47 Å². The molecule has 5 nitrogen and oxygen atoms in total. The Kier molecular flexibility index (Phi) is 4.97. The average Bonchev–Trinajstić information content (AvgIpc) is 3.07. The van der Waals surface area contributed by atoms with Crippen LogP contribution in [0.4, 0.5) is 4.39 Å². The van der Waals surface area contributed by atoms with Gasteiger partial charge in [-0.05, 0) is 24.3 Å². The van der Waals surface area contributed by atoms with Gasteiger partial charge in [-0.3, -0.25) is 4.79 Å². The summed E-state index contributed by atoms with van der Waals surface area (Å²) >= 11 is 0. The smallest absolute Gasteiger partial charge is 0.328 e. The molecule has 1 heterocycles. The van der Waals surface area contributed by atoms with E-state index in [1.165, 1.54) is 24.1 Å². The zero-order valence-electron chi connectivity index (χ0n) is 13.7. The highest BCUT2D eigenvalue weighted by Gasteiger charge is 2.41. The van der Waals surface area contributed by atoms with Crippen LogP contribution in [0.2, 0.25) is 0 Å². The van der Waals surface area contributed by atoms with Gasteiger partial charge in [0.25, 0.3) is 5.91 Å². The van der Waals surface area contributed by atoms with Crippen LogP contribution in [0.15, 0.2) is 54.6 Å². The Morgan fingerprint density at radius 3 is 2.44 bits per heavy atom. The molecule has 0 saturated carbocycles. The minimum absolute atomic E-state index is 0.102. The molecular weight excluding hydrogens is 325 g/mol. The predicted molar refractivity (Wildman–Crippen MR) is 88.7 cm³/mol. The molecular formula is C19H18FNO4. The van der Waals surface area contributed by atoms with Crippen molar-refractivity contribution >= 4 is 11.9 Å². The second kappa shape index (κ2) is 7.34. The number of benzene rings is 2. The Morgan fingerprint density at radius 2 is 1.76 bits per heavy atom. The summed E-state index contributed by atoms with van der Waals surface area (Å²) < 4.78 is 24.3. The van der Waals surface area contributed by atoms with E-state index in [1.807, 2.05) is 6.07 Å². The Morgan fingerprint density at radius 1 is 1.08 bits per heavy atom. The van der Waals surface area contributed by atoms with E-state index >= 15 is 0 Å². The highest BCUT2D eigenvalue weighted by Crippen LogP contribution is 2.27. The van der Waals surface area contributed by atoms with Gasteiger partial charge in [0.1, 0.15) is 12.1 Å². The fourth-order valence-corrected chi connectivity index (χ4v) is 2.93. The normalized spacial score (nSPS) is 19.5. The third kappa shape index (κ3) is 3.63. The van der Waals surface area contributed by atoms with E-state index in [0.29, 0.717) is 5.56 Å². The quantitative estimate of drug-likeness (QED) is 0.801. The molecule has 1 saturated heterocycles. The van der Waals surface area contributed by atoms with Gasteiger partial charge in [0.2, 0.25) is 0 Å². The Bertz CT molecular complexity index is 765. The molecule has 0 N–H and O–H groups in total. The first-order valence-electron chi connectivity index (χ1n) is 7.95. The molecule has 0 spiro atoms. The highest BCUT2D eigenvalue weighted by atomic mass is 19.1. The van der Waals surface area contributed by atoms with Gasteiger partial charge < -0.3 is 14.4 Å². The fourth-order valence-electron chi connectivity index (χ4n) is 2.93. The van der Waals surface area contributed by atoms with Gasteiger partial charge in [0, 0.05) is 12.0 Å². The minimum atomic E-state index is -0.755. The molecule has 1 amide bonds. The lowest BCUT2D eigenvalue weighted by Gasteiger charge is -2.22. The maximum atomic E-state index is 13.8. The highest BCUT2D eigenvalue weighted by molar-refractivity contribution is 5.97. The SMILES string of the molecule is COC(=O)[C@H]1C[C@H](Oc2ccccc2F)CN1C(=O)c1ccccc1. The summed E-state index contributed by atoms with van der Waals surface area (Å²) in [6.07, 6.45) is -0.242. The maximum absolute atomic E-state index is 13.8. The molecule has 3 rings (SSSR count). The summed E-state index contributed by atoms with van der Waals surface area (Å²) in [6.45, 7) is 0.182. The number of para-hydroxylation sites is 1. The first-order chi connectivity index (χ1) is 12.1. The van der Waals surface area contributed by atoms with E-state index in [1.54, 1.807) is 36.4 Å². The number of rotatable bonds is 4. The van der Waals surface area contributed by atoms with E-state index in [2.05, 4.69) is 0 Å². The average molecular weight is 343 g/mol. The second-order valence-corrected chi connectivity index (χ2v) is 5.77. The molecule has 0 aromatic heterocycles. The van der Waals surface area contributed by atoms with E-state index in [-0.39, 0.29) is 24.6 Å². The molecule has 0 bridgehead atoms. The first kappa shape index (κ1) is 17.0. The number of methoxy groups -OCH3 is 1. The monoisotopic (exact) mass is 343 g/mol. The molecule has 6 heteroatoms. The van der Waals surface area contributed by atoms with Crippen LogP contribution < -0.4 is 4.74 Å². The largest absolute Gasteiger partial charge is 0.485 e. The molecule has 2 atom stereocenters. The van der Waals surface area contributed by atoms with Crippen LogP contribution >= 0.6 is 0 Å². The third-order valence-electron chi connectivity index (χ3n) is 4.15. The topological polar surface area (TPSA) is 55.8 Å². The zero-order valence-corrected chi connectivity index (χ0v) is 13.7. The Hall–Kier alpha value is -2.89. The number of likely N-dealkylation sites (tertiary alicyclic amines) is 1. The van der Waals surface area contributed by atoms with Crippen LogP contribution in [-0.4, -0.2) is 42.6 Å². The van der Waals surface area contributed by atoms with E-state index in [9.17, 15) is 14.0 Å². The number of nitrogens with zero attached hydrogens (tertiary/aromatic N) is 1. The summed E-state index contributed by atoms with van der Waals surface area (Å²) in [5.41, 5.74) is 0.475. The Labute approximate surface area is 145 Å². The number of carbonyl (C=O) groups is 2. The molecule has 1 aliphatic rings. The second-order valence-electron chi connectivity index (χ2n) is 5.77. The van der Waals surface area contributed by atoms with Gasteiger partial charge in [-0.1, -0.05) is 30.3 Å². The number of amides is 1. The molecule has 130 valence electrons. The molecule has 0 radical (unpaired) electrons. The van der Waals surface area contributed by atoms with Crippen LogP contribution in [0.3, 0.4) is 0 Å². The molecule has 0 aliphatic carbocycles. The van der Waals surface area contributed by atoms with Crippen LogP contribution in [0.5, 0.6) is 5.75 Å². The number of hydrogen-bond donors (Lipinski definition) is 0. The van der Waals surface area contributed by atoms with Crippen molar-refractivity contribution in [2.45, 2.75) is 18.6 Å². The molecule has 1 aliphatic heterocycles. The lowest BCUT2D eigenvalue weighted by Crippen LogP contribution is -2.41. The summed E-state index contributed by atoms with van der Waals surface area (Å²) in [5.74, 6) is -1.17. The van der Waals surface area contributed by atoms with Crippen LogP contribution in [0.25, 0.3) is 0 Å². The lowest BCUT2D eigenvalue weighted by molar-refractivity contribution is -0.145. The van der Waals surface area contributed by atoms with Gasteiger partial charge in [-0.15, -0.1) is 0 Å². The molecule has 2 aromatic rings. The van der Waals surface area contributed by atoms with Crippen LogP contribution in [-0.2, 0) is 9.53 Å². The van der Waals surface area contributed by atoms with Gasteiger partial charge in [0.15, 0.2) is 11.6 Å². The number of esters is 1. The standard InChI is InChI=1S/C19H18FNO4/c1-24-19(23)16-11-14(25-17-10-6-5-9-15(17)20)12-21(16)18(22)13-7-3-2-4-8-13/h2-10,14,16H,11-12H2,1H3/t14-,16+/m0/s1. The number of carbonyl (C=O) groups excluding carboxylic acids is 2. The molecule has 25 heavy (non-hydrogen) atoms.